The van der Waals surface area contributed by atoms with E-state index in [0.29, 0.717) is 26.2 Å². The zero-order valence-electron chi connectivity index (χ0n) is 20.5. The van der Waals surface area contributed by atoms with Crippen LogP contribution in [0.4, 0.5) is 0 Å². The first kappa shape index (κ1) is 44.8. The number of carbonyl (C=O) groups is 3. The SMILES string of the molecule is COC(=O)c1sccc1CBr.COC(=O)c1sccc1CO.O=C(O)c1sccc1CO.O=[N+]([O-])O.[Ag].[Na+].[OH-]. The third-order valence-corrected chi connectivity index (χ3v) is 7.08. The third-order valence-electron chi connectivity index (χ3n) is 3.66. The van der Waals surface area contributed by atoms with Crippen molar-refractivity contribution in [3.05, 3.63) is 75.8 Å². The second-order valence-electron chi connectivity index (χ2n) is 5.80. The molecule has 19 heteroatoms. The van der Waals surface area contributed by atoms with Gasteiger partial charge in [-0.15, -0.1) is 44.1 Å². The van der Waals surface area contributed by atoms with Crippen molar-refractivity contribution in [2.75, 3.05) is 14.2 Å². The van der Waals surface area contributed by atoms with Crippen LogP contribution in [-0.4, -0.2) is 63.2 Å². The number of aliphatic hydroxyl groups excluding tert-OH is 2. The number of thiophene rings is 3. The quantitative estimate of drug-likeness (QED) is 0.0901. The van der Waals surface area contributed by atoms with Crippen LogP contribution >= 0.6 is 49.9 Å². The Morgan fingerprint density at radius 1 is 0.872 bits per heavy atom. The number of methoxy groups -OCH3 is 2. The van der Waals surface area contributed by atoms with Crippen molar-refractivity contribution >= 4 is 67.8 Å². The number of alkyl halides is 1. The van der Waals surface area contributed by atoms with Crippen LogP contribution in [0.5, 0.6) is 0 Å². The largest absolute Gasteiger partial charge is 1.00 e. The summed E-state index contributed by atoms with van der Waals surface area (Å²) in [6, 6.07) is 5.22. The molecule has 0 aliphatic carbocycles. The molecule has 5 N–H and O–H groups in total. The van der Waals surface area contributed by atoms with Gasteiger partial charge in [-0.2, -0.15) is 0 Å². The fourth-order valence-corrected chi connectivity index (χ4v) is 5.17. The van der Waals surface area contributed by atoms with Crippen molar-refractivity contribution in [1.29, 1.82) is 0 Å². The van der Waals surface area contributed by atoms with Gasteiger partial charge in [-0.05, 0) is 39.9 Å². The second kappa shape index (κ2) is 25.8. The van der Waals surface area contributed by atoms with Gasteiger partial charge in [-0.25, -0.2) is 14.4 Å². The van der Waals surface area contributed by atoms with E-state index >= 15 is 0 Å². The van der Waals surface area contributed by atoms with Gasteiger partial charge in [0.2, 0.25) is 0 Å². The Bertz CT molecular complexity index is 1070. The molecular weight excluding hydrogens is 753 g/mol. The van der Waals surface area contributed by atoms with Gasteiger partial charge >= 0.3 is 47.5 Å². The molecule has 0 atom stereocenters. The number of esters is 2. The number of hydrogen-bond acceptors (Lipinski definition) is 13. The van der Waals surface area contributed by atoms with Crippen molar-refractivity contribution in [1.82, 2.24) is 0 Å². The zero-order valence-corrected chi connectivity index (χ0v) is 28.0. The summed E-state index contributed by atoms with van der Waals surface area (Å²) in [5.74, 6) is -1.61. The number of carbonyl (C=O) groups excluding carboxylic acids is 2. The minimum absolute atomic E-state index is 0. The first-order chi connectivity index (χ1) is 17.1. The van der Waals surface area contributed by atoms with Gasteiger partial charge in [-0.1, -0.05) is 15.9 Å². The predicted molar refractivity (Wildman–Crippen MR) is 138 cm³/mol. The molecule has 0 aromatic carbocycles. The van der Waals surface area contributed by atoms with Crippen LogP contribution in [0, 0.1) is 10.1 Å². The van der Waals surface area contributed by atoms with E-state index in [9.17, 15) is 14.4 Å². The van der Waals surface area contributed by atoms with Crippen molar-refractivity contribution in [2.45, 2.75) is 18.5 Å². The molecule has 0 saturated heterocycles. The molecule has 217 valence electrons. The first-order valence-electron chi connectivity index (χ1n) is 9.27. The number of ether oxygens (including phenoxy) is 2. The van der Waals surface area contributed by atoms with Crippen LogP contribution in [0.25, 0.3) is 0 Å². The summed E-state index contributed by atoms with van der Waals surface area (Å²) in [4.78, 5) is 42.0. The molecule has 0 fully saturated rings. The Morgan fingerprint density at radius 3 is 1.46 bits per heavy atom. The molecule has 3 aromatic heterocycles. The van der Waals surface area contributed by atoms with E-state index in [1.54, 1.807) is 22.9 Å². The number of carboxylic acid groups (broad SMARTS) is 1. The molecule has 13 nitrogen and oxygen atoms in total. The Hall–Kier alpha value is -1.19. The van der Waals surface area contributed by atoms with Gasteiger partial charge in [0, 0.05) is 38.8 Å². The summed E-state index contributed by atoms with van der Waals surface area (Å²) < 4.78 is 9.09. The van der Waals surface area contributed by atoms with Gasteiger partial charge < -0.3 is 35.5 Å². The van der Waals surface area contributed by atoms with E-state index in [-0.39, 0.29) is 87.4 Å². The molecule has 39 heavy (non-hydrogen) atoms. The molecule has 0 aliphatic heterocycles. The summed E-state index contributed by atoms with van der Waals surface area (Å²) in [5.41, 5.74) is 2.10. The van der Waals surface area contributed by atoms with Crippen molar-refractivity contribution < 1.29 is 107 Å². The smallest absolute Gasteiger partial charge is 0.870 e. The minimum Gasteiger partial charge on any atom is -0.870 e. The molecule has 3 aromatic rings. The Morgan fingerprint density at radius 2 is 1.18 bits per heavy atom. The topological polar surface area (TPSA) is 224 Å². The van der Waals surface area contributed by atoms with Crippen LogP contribution in [0.15, 0.2) is 34.3 Å². The molecule has 0 bridgehead atoms. The Balaban J connectivity index is -0.000000213. The number of nitrogens with zero attached hydrogens (tertiary/aromatic N) is 1. The van der Waals surface area contributed by atoms with E-state index < -0.39 is 11.1 Å². The van der Waals surface area contributed by atoms with E-state index in [0.717, 1.165) is 16.9 Å². The van der Waals surface area contributed by atoms with Crippen LogP contribution in [0.1, 0.15) is 45.7 Å². The molecule has 0 aliphatic rings. The number of aromatic carboxylic acids is 1. The maximum atomic E-state index is 11.0. The predicted octanol–water partition coefficient (Wildman–Crippen LogP) is 0.872. The molecule has 1 radical (unpaired) electrons. The van der Waals surface area contributed by atoms with Gasteiger partial charge in [0.25, 0.3) is 5.09 Å². The summed E-state index contributed by atoms with van der Waals surface area (Å²) in [6.45, 7) is -0.320. The maximum Gasteiger partial charge on any atom is 1.00 e. The second-order valence-corrected chi connectivity index (χ2v) is 9.11. The summed E-state index contributed by atoms with van der Waals surface area (Å²) in [6.07, 6.45) is 0. The summed E-state index contributed by atoms with van der Waals surface area (Å²) >= 11 is 7.08. The molecule has 0 saturated carbocycles. The maximum absolute atomic E-state index is 11.0. The Kier molecular flexibility index (Phi) is 29.6. The number of carboxylic acids is 1. The molecule has 3 rings (SSSR count). The molecular formula is C20H23AgBrNNaO12S3. The van der Waals surface area contributed by atoms with E-state index in [2.05, 4.69) is 25.4 Å². The summed E-state index contributed by atoms with van der Waals surface area (Å²) in [5, 5.41) is 45.4. The third kappa shape index (κ3) is 17.3. The fourth-order valence-electron chi connectivity index (χ4n) is 2.09. The monoisotopic (exact) mass is 774 g/mol. The molecule has 0 spiro atoms. The van der Waals surface area contributed by atoms with Crippen LogP contribution < -0.4 is 29.6 Å². The number of aliphatic hydroxyl groups is 2. The van der Waals surface area contributed by atoms with Crippen LogP contribution in [-0.2, 0) is 50.4 Å². The standard InChI is InChI=1S/C7H7BrO2S.C7H8O3S.C6H6O3S.Ag.HNO3.Na.H2O/c2*1-10-7(9)6-5(4-8)2-3-11-6;7-3-4-1-2-10-5(4)6(8)9;;2-1(3)4;;/h2-3H,4H2,1H3;2-3,8H,4H2,1H3;1-2,7H,3H2,(H,8,9);;(H,2,3,4);;1H2/q;;;;;+1;/p-1. The van der Waals surface area contributed by atoms with Gasteiger partial charge in [0.1, 0.15) is 14.6 Å². The number of rotatable bonds is 6. The fraction of sp³-hybridized carbons (Fsp3) is 0.250. The first-order valence-corrected chi connectivity index (χ1v) is 13.0. The van der Waals surface area contributed by atoms with Crippen molar-refractivity contribution in [3.63, 3.8) is 0 Å². The van der Waals surface area contributed by atoms with E-state index in [1.165, 1.54) is 36.9 Å². The average molecular weight is 776 g/mol. The normalized spacial score (nSPS) is 8.54. The Labute approximate surface area is 280 Å². The summed E-state index contributed by atoms with van der Waals surface area (Å²) in [7, 11) is 2.71. The average Bonchev–Trinajstić information content (AvgIpc) is 3.62. The number of halogens is 1. The molecule has 0 unspecified atom stereocenters. The van der Waals surface area contributed by atoms with Gasteiger partial charge in [-0.3, -0.25) is 0 Å². The van der Waals surface area contributed by atoms with Crippen molar-refractivity contribution in [3.8, 4) is 0 Å². The van der Waals surface area contributed by atoms with Crippen LogP contribution in [0.2, 0.25) is 0 Å². The van der Waals surface area contributed by atoms with Crippen LogP contribution in [0.3, 0.4) is 0 Å². The van der Waals surface area contributed by atoms with Gasteiger partial charge in [0.05, 0.1) is 27.4 Å². The van der Waals surface area contributed by atoms with Crippen molar-refractivity contribution in [2.24, 2.45) is 0 Å². The zero-order chi connectivity index (χ0) is 27.7. The molecule has 0 amide bonds. The minimum atomic E-state index is -1.50. The van der Waals surface area contributed by atoms with E-state index in [4.69, 9.17) is 30.6 Å². The molecule has 3 heterocycles. The van der Waals surface area contributed by atoms with Gasteiger partial charge in [0.15, 0.2) is 0 Å². The van der Waals surface area contributed by atoms with E-state index in [1.807, 2.05) is 11.4 Å². The number of hydrogen-bond donors (Lipinski definition) is 4.